The molecule has 4 N–H and O–H groups in total. The summed E-state index contributed by atoms with van der Waals surface area (Å²) in [7, 11) is 0. The predicted octanol–water partition coefficient (Wildman–Crippen LogP) is -0.887. The zero-order valence-electron chi connectivity index (χ0n) is 5.99. The van der Waals surface area contributed by atoms with Crippen LogP contribution in [0.1, 0.15) is 18.7 Å². The van der Waals surface area contributed by atoms with Gasteiger partial charge in [0.2, 0.25) is 0 Å². The van der Waals surface area contributed by atoms with Crippen molar-refractivity contribution >= 4 is 0 Å². The van der Waals surface area contributed by atoms with Gasteiger partial charge in [0, 0.05) is 0 Å². The molecule has 0 unspecified atom stereocenters. The van der Waals surface area contributed by atoms with Gasteiger partial charge in [0.15, 0.2) is 0 Å². The summed E-state index contributed by atoms with van der Waals surface area (Å²) in [4.78, 5) is 3.94. The van der Waals surface area contributed by atoms with Crippen molar-refractivity contribution in [1.29, 1.82) is 0 Å². The Hall–Kier alpha value is -0.940. The maximum atomic E-state index is 9.04. The van der Waals surface area contributed by atoms with Crippen LogP contribution >= 0.6 is 0 Å². The number of H-pyrrole nitrogens is 1. The molecule has 1 saturated carbocycles. The van der Waals surface area contributed by atoms with Crippen LogP contribution in [0.5, 0.6) is 0 Å². The molecule has 11 heavy (non-hydrogen) atoms. The Morgan fingerprint density at radius 3 is 2.91 bits per heavy atom. The van der Waals surface area contributed by atoms with E-state index in [0.29, 0.717) is 18.7 Å². The van der Waals surface area contributed by atoms with Crippen LogP contribution in [-0.4, -0.2) is 26.4 Å². The summed E-state index contributed by atoms with van der Waals surface area (Å²) in [5.74, 6) is 0.669. The topological polar surface area (TPSA) is 87.8 Å². The quantitative estimate of drug-likeness (QED) is 0.490. The average Bonchev–Trinajstić information content (AvgIpc) is 2.34. The number of nitrogens with one attached hydrogen (secondary N) is 1. The maximum Gasteiger partial charge on any atom is 0.144 e. The Kier molecular flexibility index (Phi) is 1.24. The van der Waals surface area contributed by atoms with Gasteiger partial charge in [-0.05, 0) is 12.8 Å². The third kappa shape index (κ3) is 0.928. The van der Waals surface area contributed by atoms with Crippen molar-refractivity contribution in [2.45, 2.75) is 24.5 Å². The molecule has 1 fully saturated rings. The number of rotatable bonds is 1. The number of nitrogens with two attached hydrogens (primary N) is 1. The molecule has 60 valence electrons. The number of aliphatic hydroxyl groups is 1. The van der Waals surface area contributed by atoms with Crippen LogP contribution in [0.3, 0.4) is 0 Å². The molecule has 0 spiro atoms. The molecule has 0 aliphatic heterocycles. The maximum absolute atomic E-state index is 9.04. The molecule has 1 aliphatic rings. The van der Waals surface area contributed by atoms with Gasteiger partial charge in [-0.25, -0.2) is 4.98 Å². The molecule has 2 rings (SSSR count). The van der Waals surface area contributed by atoms with E-state index in [2.05, 4.69) is 15.2 Å². The van der Waals surface area contributed by atoms with Gasteiger partial charge in [0.25, 0.3) is 0 Å². The number of aromatic nitrogens is 3. The fourth-order valence-corrected chi connectivity index (χ4v) is 1.42. The molecular formula is C6H10N4O. The number of hydrogen-bond acceptors (Lipinski definition) is 4. The van der Waals surface area contributed by atoms with Gasteiger partial charge >= 0.3 is 0 Å². The molecule has 0 bridgehead atoms. The molecule has 5 nitrogen and oxygen atoms in total. The van der Waals surface area contributed by atoms with Crippen molar-refractivity contribution < 1.29 is 5.11 Å². The van der Waals surface area contributed by atoms with E-state index in [1.165, 1.54) is 6.33 Å². The zero-order valence-corrected chi connectivity index (χ0v) is 5.99. The molecule has 5 heteroatoms. The summed E-state index contributed by atoms with van der Waals surface area (Å²) in [6.45, 7) is 0. The van der Waals surface area contributed by atoms with Crippen molar-refractivity contribution in [2.75, 3.05) is 0 Å². The summed E-state index contributed by atoms with van der Waals surface area (Å²) in [6, 6.07) is 0. The minimum Gasteiger partial charge on any atom is -0.393 e. The first kappa shape index (κ1) is 6.75. The number of hydrogen-bond donors (Lipinski definition) is 3. The van der Waals surface area contributed by atoms with Crippen LogP contribution < -0.4 is 5.73 Å². The molecule has 1 aliphatic carbocycles. The highest BCUT2D eigenvalue weighted by atomic mass is 16.3. The SMILES string of the molecule is NC1(c2ncn[nH]2)CC(O)C1. The van der Waals surface area contributed by atoms with Gasteiger partial charge in [0.1, 0.15) is 12.2 Å². The van der Waals surface area contributed by atoms with Crippen LogP contribution in [-0.2, 0) is 5.54 Å². The van der Waals surface area contributed by atoms with Gasteiger partial charge in [0.05, 0.1) is 11.6 Å². The average molecular weight is 154 g/mol. The second-order valence-electron chi connectivity index (χ2n) is 3.05. The summed E-state index contributed by atoms with van der Waals surface area (Å²) >= 11 is 0. The van der Waals surface area contributed by atoms with E-state index >= 15 is 0 Å². The summed E-state index contributed by atoms with van der Waals surface area (Å²) in [5, 5.41) is 15.4. The Bertz CT molecular complexity index is 239. The standard InChI is InChI=1S/C6H10N4O/c7-6(1-4(11)2-6)5-8-3-9-10-5/h3-4,11H,1-2,7H2,(H,8,9,10). The second kappa shape index (κ2) is 2.02. The highest BCUT2D eigenvalue weighted by molar-refractivity contribution is 5.10. The van der Waals surface area contributed by atoms with Gasteiger partial charge < -0.3 is 10.8 Å². The van der Waals surface area contributed by atoms with E-state index in [-0.39, 0.29) is 6.10 Å². The monoisotopic (exact) mass is 154 g/mol. The van der Waals surface area contributed by atoms with Crippen molar-refractivity contribution in [3.8, 4) is 0 Å². The molecule has 0 radical (unpaired) electrons. The first-order valence-corrected chi connectivity index (χ1v) is 3.53. The predicted molar refractivity (Wildman–Crippen MR) is 37.5 cm³/mol. The minimum absolute atomic E-state index is 0.273. The van der Waals surface area contributed by atoms with E-state index in [1.807, 2.05) is 0 Å². The first-order valence-electron chi connectivity index (χ1n) is 3.53. The lowest BCUT2D eigenvalue weighted by atomic mass is 9.75. The van der Waals surface area contributed by atoms with Gasteiger partial charge in [-0.1, -0.05) is 0 Å². The third-order valence-corrected chi connectivity index (χ3v) is 2.09. The Labute approximate surface area is 63.6 Å². The van der Waals surface area contributed by atoms with Crippen molar-refractivity contribution in [3.05, 3.63) is 12.2 Å². The van der Waals surface area contributed by atoms with E-state index in [9.17, 15) is 0 Å². The van der Waals surface area contributed by atoms with E-state index in [1.54, 1.807) is 0 Å². The highest BCUT2D eigenvalue weighted by Gasteiger charge is 2.43. The molecule has 1 aromatic rings. The summed E-state index contributed by atoms with van der Waals surface area (Å²) in [5.41, 5.74) is 5.40. The second-order valence-corrected chi connectivity index (χ2v) is 3.05. The third-order valence-electron chi connectivity index (χ3n) is 2.09. The van der Waals surface area contributed by atoms with Gasteiger partial charge in [-0.2, -0.15) is 5.10 Å². The fraction of sp³-hybridized carbons (Fsp3) is 0.667. The van der Waals surface area contributed by atoms with Crippen LogP contribution in [0.2, 0.25) is 0 Å². The molecule has 1 heterocycles. The molecular weight excluding hydrogens is 144 g/mol. The van der Waals surface area contributed by atoms with Gasteiger partial charge in [-0.3, -0.25) is 5.10 Å². The van der Waals surface area contributed by atoms with E-state index < -0.39 is 5.54 Å². The molecule has 0 aromatic carbocycles. The van der Waals surface area contributed by atoms with Crippen LogP contribution in [0.15, 0.2) is 6.33 Å². The number of nitrogens with zero attached hydrogens (tertiary/aromatic N) is 2. The van der Waals surface area contributed by atoms with Crippen molar-refractivity contribution in [1.82, 2.24) is 15.2 Å². The van der Waals surface area contributed by atoms with Crippen LogP contribution in [0.4, 0.5) is 0 Å². The van der Waals surface area contributed by atoms with Gasteiger partial charge in [-0.15, -0.1) is 0 Å². The number of aromatic amines is 1. The smallest absolute Gasteiger partial charge is 0.144 e. The molecule has 1 aromatic heterocycles. The zero-order chi connectivity index (χ0) is 7.90. The van der Waals surface area contributed by atoms with Crippen molar-refractivity contribution in [2.24, 2.45) is 5.73 Å². The van der Waals surface area contributed by atoms with Crippen molar-refractivity contribution in [3.63, 3.8) is 0 Å². The largest absolute Gasteiger partial charge is 0.393 e. The highest BCUT2D eigenvalue weighted by Crippen LogP contribution is 2.36. The molecule has 0 saturated heterocycles. The van der Waals surface area contributed by atoms with Crippen LogP contribution in [0, 0.1) is 0 Å². The minimum atomic E-state index is -0.462. The first-order chi connectivity index (χ1) is 5.21. The van der Waals surface area contributed by atoms with Crippen LogP contribution in [0.25, 0.3) is 0 Å². The summed E-state index contributed by atoms with van der Waals surface area (Å²) in [6.07, 6.45) is 2.30. The van der Waals surface area contributed by atoms with E-state index in [0.717, 1.165) is 0 Å². The molecule has 0 atom stereocenters. The number of aliphatic hydroxyl groups excluding tert-OH is 1. The normalized spacial score (nSPS) is 36.7. The lowest BCUT2D eigenvalue weighted by molar-refractivity contribution is 0.0167. The lowest BCUT2D eigenvalue weighted by Crippen LogP contribution is -2.52. The lowest BCUT2D eigenvalue weighted by Gasteiger charge is -2.39. The Morgan fingerprint density at radius 1 is 1.73 bits per heavy atom. The van der Waals surface area contributed by atoms with E-state index in [4.69, 9.17) is 10.8 Å². The summed E-state index contributed by atoms with van der Waals surface area (Å²) < 4.78 is 0. The Balaban J connectivity index is 2.18. The Morgan fingerprint density at radius 2 is 2.45 bits per heavy atom. The fourth-order valence-electron chi connectivity index (χ4n) is 1.42. The molecule has 0 amide bonds.